The molecule has 0 radical (unpaired) electrons. The number of aromatic nitrogens is 1. The highest BCUT2D eigenvalue weighted by atomic mass is 32.1. The second-order valence-corrected chi connectivity index (χ2v) is 5.84. The first-order chi connectivity index (χ1) is 10.0. The molecule has 0 bridgehead atoms. The fourth-order valence-corrected chi connectivity index (χ4v) is 2.94. The molecule has 0 spiro atoms. The molecule has 0 aromatic carbocycles. The molecule has 21 heavy (non-hydrogen) atoms. The molecule has 0 saturated carbocycles. The average molecular weight is 304 g/mol. The summed E-state index contributed by atoms with van der Waals surface area (Å²) in [6, 6.07) is 4.99. The third-order valence-corrected chi connectivity index (χ3v) is 4.21. The van der Waals surface area contributed by atoms with Crippen molar-refractivity contribution in [2.24, 2.45) is 0 Å². The van der Waals surface area contributed by atoms with E-state index in [1.54, 1.807) is 6.07 Å². The quantitative estimate of drug-likeness (QED) is 0.890. The topological polar surface area (TPSA) is 79.3 Å². The number of nitrogens with zero attached hydrogens (tertiary/aromatic N) is 1. The maximum Gasteiger partial charge on any atom is 0.354 e. The highest BCUT2D eigenvalue weighted by molar-refractivity contribution is 7.14. The Bertz CT molecular complexity index is 662. The summed E-state index contributed by atoms with van der Waals surface area (Å²) in [4.78, 5) is 28.4. The van der Waals surface area contributed by atoms with Gasteiger partial charge in [-0.25, -0.2) is 9.78 Å². The zero-order valence-electron chi connectivity index (χ0n) is 11.8. The average Bonchev–Trinajstić information content (AvgIpc) is 2.86. The van der Waals surface area contributed by atoms with Crippen molar-refractivity contribution < 1.29 is 14.7 Å². The van der Waals surface area contributed by atoms with E-state index in [1.807, 2.05) is 13.0 Å². The number of thiophene rings is 1. The van der Waals surface area contributed by atoms with E-state index in [2.05, 4.69) is 17.2 Å². The van der Waals surface area contributed by atoms with Crippen LogP contribution in [0.4, 0.5) is 0 Å². The van der Waals surface area contributed by atoms with Gasteiger partial charge in [0.05, 0.1) is 4.88 Å². The van der Waals surface area contributed by atoms with Crippen molar-refractivity contribution >= 4 is 23.2 Å². The lowest BCUT2D eigenvalue weighted by Crippen LogP contribution is -2.22. The van der Waals surface area contributed by atoms with E-state index in [0.717, 1.165) is 16.9 Å². The first-order valence-electron chi connectivity index (χ1n) is 6.57. The van der Waals surface area contributed by atoms with Crippen molar-refractivity contribution in [1.29, 1.82) is 0 Å². The van der Waals surface area contributed by atoms with Crippen LogP contribution in [0.1, 0.15) is 43.1 Å². The molecule has 0 aliphatic carbocycles. The normalized spacial score (nSPS) is 10.4. The standard InChI is InChI=1S/C15H16N2O3S/c1-3-11-6-13(21-9(11)2)14(18)17-8-10-4-5-12(15(19)20)16-7-10/h4-7H,3,8H2,1-2H3,(H,17,18)(H,19,20). The van der Waals surface area contributed by atoms with Crippen LogP contribution in [0.25, 0.3) is 0 Å². The highest BCUT2D eigenvalue weighted by Crippen LogP contribution is 2.21. The minimum Gasteiger partial charge on any atom is -0.477 e. The second kappa shape index (κ2) is 6.49. The third-order valence-electron chi connectivity index (χ3n) is 3.12. The monoisotopic (exact) mass is 304 g/mol. The molecule has 0 aliphatic heterocycles. The van der Waals surface area contributed by atoms with Crippen molar-refractivity contribution in [3.63, 3.8) is 0 Å². The van der Waals surface area contributed by atoms with Gasteiger partial charge in [-0.05, 0) is 36.6 Å². The van der Waals surface area contributed by atoms with E-state index >= 15 is 0 Å². The molecule has 0 fully saturated rings. The number of pyridine rings is 1. The van der Waals surface area contributed by atoms with Crippen molar-refractivity contribution in [3.8, 4) is 0 Å². The summed E-state index contributed by atoms with van der Waals surface area (Å²) >= 11 is 1.48. The van der Waals surface area contributed by atoms with Crippen LogP contribution in [-0.2, 0) is 13.0 Å². The lowest BCUT2D eigenvalue weighted by Gasteiger charge is -2.03. The lowest BCUT2D eigenvalue weighted by molar-refractivity contribution is 0.0690. The van der Waals surface area contributed by atoms with Crippen LogP contribution in [0.5, 0.6) is 0 Å². The van der Waals surface area contributed by atoms with E-state index in [4.69, 9.17) is 5.11 Å². The molecular weight excluding hydrogens is 288 g/mol. The number of aromatic carboxylic acids is 1. The molecule has 0 atom stereocenters. The zero-order valence-corrected chi connectivity index (χ0v) is 12.7. The minimum atomic E-state index is -1.06. The molecule has 2 aromatic heterocycles. The minimum absolute atomic E-state index is 0.00783. The predicted octanol–water partition coefficient (Wildman–Crippen LogP) is 2.64. The maximum atomic E-state index is 12.1. The van der Waals surface area contributed by atoms with Crippen molar-refractivity contribution in [3.05, 3.63) is 51.0 Å². The van der Waals surface area contributed by atoms with E-state index in [9.17, 15) is 9.59 Å². The number of carbonyl (C=O) groups is 2. The Morgan fingerprint density at radius 3 is 2.67 bits per heavy atom. The van der Waals surface area contributed by atoms with Crippen LogP contribution in [0.15, 0.2) is 24.4 Å². The Morgan fingerprint density at radius 1 is 1.38 bits per heavy atom. The van der Waals surface area contributed by atoms with E-state index in [1.165, 1.54) is 29.2 Å². The lowest BCUT2D eigenvalue weighted by atomic mass is 10.2. The molecule has 2 N–H and O–H groups in total. The number of hydrogen-bond acceptors (Lipinski definition) is 4. The second-order valence-electron chi connectivity index (χ2n) is 4.59. The number of carboxylic acids is 1. The molecule has 6 heteroatoms. The van der Waals surface area contributed by atoms with Gasteiger partial charge in [-0.1, -0.05) is 13.0 Å². The first-order valence-corrected chi connectivity index (χ1v) is 7.38. The number of aryl methyl sites for hydroxylation is 2. The SMILES string of the molecule is CCc1cc(C(=O)NCc2ccc(C(=O)O)nc2)sc1C. The summed E-state index contributed by atoms with van der Waals surface area (Å²) in [5.74, 6) is -1.18. The number of hydrogen-bond donors (Lipinski definition) is 2. The van der Waals surface area contributed by atoms with Crippen molar-refractivity contribution in [1.82, 2.24) is 10.3 Å². The number of rotatable bonds is 5. The van der Waals surface area contributed by atoms with Gasteiger partial charge < -0.3 is 10.4 Å². The van der Waals surface area contributed by atoms with Crippen molar-refractivity contribution in [2.75, 3.05) is 0 Å². The van der Waals surface area contributed by atoms with Gasteiger partial charge in [0.2, 0.25) is 0 Å². The van der Waals surface area contributed by atoms with Gasteiger partial charge >= 0.3 is 5.97 Å². The van der Waals surface area contributed by atoms with Gasteiger partial charge in [0.1, 0.15) is 5.69 Å². The molecule has 5 nitrogen and oxygen atoms in total. The highest BCUT2D eigenvalue weighted by Gasteiger charge is 2.11. The fourth-order valence-electron chi connectivity index (χ4n) is 1.91. The molecule has 2 heterocycles. The zero-order chi connectivity index (χ0) is 15.4. The maximum absolute atomic E-state index is 12.1. The number of nitrogens with one attached hydrogen (secondary N) is 1. The molecule has 0 saturated heterocycles. The molecule has 2 rings (SSSR count). The first kappa shape index (κ1) is 15.2. The molecule has 0 unspecified atom stereocenters. The summed E-state index contributed by atoms with van der Waals surface area (Å²) < 4.78 is 0. The third kappa shape index (κ3) is 3.66. The summed E-state index contributed by atoms with van der Waals surface area (Å²) in [7, 11) is 0. The smallest absolute Gasteiger partial charge is 0.354 e. The van der Waals surface area contributed by atoms with Gasteiger partial charge in [0.25, 0.3) is 5.91 Å². The Morgan fingerprint density at radius 2 is 2.14 bits per heavy atom. The summed E-state index contributed by atoms with van der Waals surface area (Å²) in [5.41, 5.74) is 1.95. The van der Waals surface area contributed by atoms with E-state index in [-0.39, 0.29) is 11.6 Å². The summed E-state index contributed by atoms with van der Waals surface area (Å²) in [6.45, 7) is 4.39. The Hall–Kier alpha value is -2.21. The van der Waals surface area contributed by atoms with Crippen molar-refractivity contribution in [2.45, 2.75) is 26.8 Å². The van der Waals surface area contributed by atoms with Gasteiger partial charge in [0, 0.05) is 17.6 Å². The number of amides is 1. The Balaban J connectivity index is 1.98. The Labute approximate surface area is 126 Å². The predicted molar refractivity (Wildman–Crippen MR) is 80.8 cm³/mol. The van der Waals surface area contributed by atoms with Crippen LogP contribution in [0.3, 0.4) is 0 Å². The summed E-state index contributed by atoms with van der Waals surface area (Å²) in [6.07, 6.45) is 2.37. The van der Waals surface area contributed by atoms with E-state index < -0.39 is 5.97 Å². The molecule has 1 amide bonds. The number of carboxylic acid groups (broad SMARTS) is 1. The van der Waals surface area contributed by atoms with Gasteiger partial charge in [-0.3, -0.25) is 4.79 Å². The van der Waals surface area contributed by atoms with Crippen LogP contribution in [0, 0.1) is 6.92 Å². The van der Waals surface area contributed by atoms with Crippen LogP contribution >= 0.6 is 11.3 Å². The van der Waals surface area contributed by atoms with Crippen LogP contribution in [-0.4, -0.2) is 22.0 Å². The van der Waals surface area contributed by atoms with E-state index in [0.29, 0.717) is 11.4 Å². The largest absolute Gasteiger partial charge is 0.477 e. The van der Waals surface area contributed by atoms with Gasteiger partial charge in [-0.15, -0.1) is 11.3 Å². The number of carbonyl (C=O) groups excluding carboxylic acids is 1. The Kier molecular flexibility index (Phi) is 4.70. The molecule has 0 aliphatic rings. The van der Waals surface area contributed by atoms with Gasteiger partial charge in [0.15, 0.2) is 0 Å². The van der Waals surface area contributed by atoms with Crippen LogP contribution < -0.4 is 5.32 Å². The van der Waals surface area contributed by atoms with Crippen LogP contribution in [0.2, 0.25) is 0 Å². The fraction of sp³-hybridized carbons (Fsp3) is 0.267. The summed E-state index contributed by atoms with van der Waals surface area (Å²) in [5, 5.41) is 11.6. The molecular formula is C15H16N2O3S. The molecule has 110 valence electrons. The molecule has 2 aromatic rings. The van der Waals surface area contributed by atoms with Gasteiger partial charge in [-0.2, -0.15) is 0 Å².